The van der Waals surface area contributed by atoms with E-state index in [0.29, 0.717) is 30.4 Å². The van der Waals surface area contributed by atoms with Gasteiger partial charge >= 0.3 is 0 Å². The van der Waals surface area contributed by atoms with Crippen molar-refractivity contribution in [3.63, 3.8) is 0 Å². The average Bonchev–Trinajstić information content (AvgIpc) is 2.86. The molecule has 1 aliphatic rings. The third-order valence-electron chi connectivity index (χ3n) is 4.65. The Balaban J connectivity index is 1.50. The molecular formula is C19H24N4O3. The molecule has 7 nitrogen and oxygen atoms in total. The van der Waals surface area contributed by atoms with Gasteiger partial charge in [0.25, 0.3) is 0 Å². The van der Waals surface area contributed by atoms with Crippen LogP contribution in [0.15, 0.2) is 35.3 Å². The minimum atomic E-state index is -0.159. The SMILES string of the molecule is O=C(Cn1ncc(=O)c2ccccc21)NCCCN1CCCCCC1=O. The summed E-state index contributed by atoms with van der Waals surface area (Å²) in [5.41, 5.74) is 0.490. The lowest BCUT2D eigenvalue weighted by Gasteiger charge is -2.20. The van der Waals surface area contributed by atoms with Crippen molar-refractivity contribution in [2.24, 2.45) is 0 Å². The average molecular weight is 356 g/mol. The lowest BCUT2D eigenvalue weighted by molar-refractivity contribution is -0.130. The molecule has 2 amide bonds. The quantitative estimate of drug-likeness (QED) is 0.791. The molecule has 1 N–H and O–H groups in total. The van der Waals surface area contributed by atoms with Crippen molar-refractivity contribution in [2.45, 2.75) is 38.6 Å². The van der Waals surface area contributed by atoms with Gasteiger partial charge in [-0.2, -0.15) is 5.10 Å². The summed E-state index contributed by atoms with van der Waals surface area (Å²) in [6, 6.07) is 7.11. The van der Waals surface area contributed by atoms with Gasteiger partial charge in [0.05, 0.1) is 11.7 Å². The monoisotopic (exact) mass is 356 g/mol. The number of likely N-dealkylation sites (tertiary alicyclic amines) is 1. The largest absolute Gasteiger partial charge is 0.354 e. The van der Waals surface area contributed by atoms with Crippen molar-refractivity contribution in [2.75, 3.05) is 19.6 Å². The minimum Gasteiger partial charge on any atom is -0.354 e. The maximum atomic E-state index is 12.2. The molecule has 0 unspecified atom stereocenters. The summed E-state index contributed by atoms with van der Waals surface area (Å²) >= 11 is 0. The molecule has 0 atom stereocenters. The van der Waals surface area contributed by atoms with Crippen molar-refractivity contribution in [1.82, 2.24) is 20.0 Å². The van der Waals surface area contributed by atoms with Crippen LogP contribution in [0.5, 0.6) is 0 Å². The lowest BCUT2D eigenvalue weighted by Crippen LogP contribution is -2.35. The highest BCUT2D eigenvalue weighted by Crippen LogP contribution is 2.11. The van der Waals surface area contributed by atoms with E-state index in [1.54, 1.807) is 18.2 Å². The summed E-state index contributed by atoms with van der Waals surface area (Å²) in [5.74, 6) is 0.0613. The molecule has 26 heavy (non-hydrogen) atoms. The van der Waals surface area contributed by atoms with Crippen LogP contribution in [0, 0.1) is 0 Å². The standard InChI is InChI=1S/C19H24N4O3/c24-17-13-21-23(16-8-4-3-7-15(16)17)14-18(25)20-10-6-12-22-11-5-1-2-9-19(22)26/h3-4,7-8,13H,1-2,5-6,9-12,14H2,(H,20,25). The van der Waals surface area contributed by atoms with Crippen LogP contribution in [-0.2, 0) is 16.1 Å². The van der Waals surface area contributed by atoms with Crippen LogP contribution in [0.1, 0.15) is 32.1 Å². The van der Waals surface area contributed by atoms with Crippen LogP contribution in [-0.4, -0.2) is 46.1 Å². The summed E-state index contributed by atoms with van der Waals surface area (Å²) in [4.78, 5) is 37.8. The maximum absolute atomic E-state index is 12.2. The Labute approximate surface area is 152 Å². The first-order valence-corrected chi connectivity index (χ1v) is 9.14. The topological polar surface area (TPSA) is 84.3 Å². The predicted molar refractivity (Wildman–Crippen MR) is 98.7 cm³/mol. The van der Waals surface area contributed by atoms with Crippen LogP contribution in [0.4, 0.5) is 0 Å². The molecule has 1 aromatic carbocycles. The molecule has 1 aromatic heterocycles. The highest BCUT2D eigenvalue weighted by Gasteiger charge is 2.15. The number of amides is 2. The zero-order valence-electron chi connectivity index (χ0n) is 14.8. The molecule has 7 heteroatoms. The lowest BCUT2D eigenvalue weighted by atomic mass is 10.2. The number of carbonyl (C=O) groups excluding carboxylic acids is 2. The van der Waals surface area contributed by atoms with Crippen molar-refractivity contribution < 1.29 is 9.59 Å². The molecule has 0 saturated carbocycles. The predicted octanol–water partition coefficient (Wildman–Crippen LogP) is 1.31. The maximum Gasteiger partial charge on any atom is 0.241 e. The summed E-state index contributed by atoms with van der Waals surface area (Å²) in [7, 11) is 0. The molecule has 2 heterocycles. The van der Waals surface area contributed by atoms with E-state index in [-0.39, 0.29) is 23.8 Å². The second-order valence-corrected chi connectivity index (χ2v) is 6.58. The first-order valence-electron chi connectivity index (χ1n) is 9.14. The van der Waals surface area contributed by atoms with Gasteiger partial charge in [-0.15, -0.1) is 0 Å². The summed E-state index contributed by atoms with van der Waals surface area (Å²) in [5, 5.41) is 7.47. The van der Waals surface area contributed by atoms with Crippen molar-refractivity contribution in [3.05, 3.63) is 40.7 Å². The fourth-order valence-electron chi connectivity index (χ4n) is 3.25. The van der Waals surface area contributed by atoms with Crippen molar-refractivity contribution >= 4 is 22.7 Å². The Kier molecular flexibility index (Phi) is 5.99. The number of para-hydroxylation sites is 1. The number of fused-ring (bicyclic) bond motifs is 1. The van der Waals surface area contributed by atoms with Gasteiger partial charge in [-0.25, -0.2) is 0 Å². The van der Waals surface area contributed by atoms with Gasteiger partial charge in [-0.1, -0.05) is 18.6 Å². The molecule has 1 fully saturated rings. The molecule has 1 saturated heterocycles. The third-order valence-corrected chi connectivity index (χ3v) is 4.65. The molecule has 0 radical (unpaired) electrons. The highest BCUT2D eigenvalue weighted by atomic mass is 16.2. The van der Waals surface area contributed by atoms with Gasteiger partial charge < -0.3 is 10.2 Å². The minimum absolute atomic E-state index is 0.0590. The molecule has 2 aromatic rings. The third kappa shape index (κ3) is 4.47. The molecule has 0 bridgehead atoms. The Morgan fingerprint density at radius 3 is 2.88 bits per heavy atom. The van der Waals surface area contributed by atoms with Gasteiger partial charge in [0.2, 0.25) is 17.2 Å². The number of hydrogen-bond donors (Lipinski definition) is 1. The van der Waals surface area contributed by atoms with Crippen molar-refractivity contribution in [1.29, 1.82) is 0 Å². The summed E-state index contributed by atoms with van der Waals surface area (Å²) in [6.45, 7) is 2.07. The number of benzene rings is 1. The molecule has 3 rings (SSSR count). The van der Waals surface area contributed by atoms with E-state index in [1.165, 1.54) is 10.9 Å². The van der Waals surface area contributed by atoms with Gasteiger partial charge in [0.1, 0.15) is 6.54 Å². The Hall–Kier alpha value is -2.70. The second-order valence-electron chi connectivity index (χ2n) is 6.58. The van der Waals surface area contributed by atoms with Crippen molar-refractivity contribution in [3.8, 4) is 0 Å². The molecule has 138 valence electrons. The number of carbonyl (C=O) groups is 2. The van der Waals surface area contributed by atoms with Gasteiger partial charge in [0.15, 0.2) is 0 Å². The zero-order chi connectivity index (χ0) is 18.4. The highest BCUT2D eigenvalue weighted by molar-refractivity contribution is 5.81. The van der Waals surface area contributed by atoms with E-state index in [9.17, 15) is 14.4 Å². The van der Waals surface area contributed by atoms with E-state index >= 15 is 0 Å². The van der Waals surface area contributed by atoms with Crippen LogP contribution < -0.4 is 10.7 Å². The van der Waals surface area contributed by atoms with E-state index in [2.05, 4.69) is 10.4 Å². The van der Waals surface area contributed by atoms with E-state index in [4.69, 9.17) is 0 Å². The summed E-state index contributed by atoms with van der Waals surface area (Å²) < 4.78 is 1.53. The number of aromatic nitrogens is 2. The Morgan fingerprint density at radius 2 is 2.00 bits per heavy atom. The first kappa shape index (κ1) is 18.1. The number of nitrogens with zero attached hydrogens (tertiary/aromatic N) is 3. The number of nitrogens with one attached hydrogen (secondary N) is 1. The molecule has 1 aliphatic heterocycles. The van der Waals surface area contributed by atoms with Gasteiger partial charge in [-0.3, -0.25) is 19.1 Å². The first-order chi connectivity index (χ1) is 12.6. The van der Waals surface area contributed by atoms with E-state index in [1.807, 2.05) is 11.0 Å². The number of rotatable bonds is 6. The molecule has 0 aliphatic carbocycles. The Morgan fingerprint density at radius 1 is 1.15 bits per heavy atom. The summed E-state index contributed by atoms with van der Waals surface area (Å²) in [6.07, 6.45) is 5.75. The van der Waals surface area contributed by atoms with Crippen LogP contribution in [0.2, 0.25) is 0 Å². The van der Waals surface area contributed by atoms with Crippen LogP contribution >= 0.6 is 0 Å². The number of hydrogen-bond acceptors (Lipinski definition) is 4. The van der Waals surface area contributed by atoms with Gasteiger partial charge in [0, 0.05) is 31.4 Å². The van der Waals surface area contributed by atoms with Crippen LogP contribution in [0.25, 0.3) is 10.9 Å². The normalized spacial score (nSPS) is 15.1. The molecule has 0 spiro atoms. The van der Waals surface area contributed by atoms with Crippen LogP contribution in [0.3, 0.4) is 0 Å². The molecular weight excluding hydrogens is 332 g/mol. The second kappa shape index (κ2) is 8.60. The Bertz CT molecular complexity index is 846. The van der Waals surface area contributed by atoms with E-state index < -0.39 is 0 Å². The van der Waals surface area contributed by atoms with Gasteiger partial charge in [-0.05, 0) is 31.4 Å². The zero-order valence-corrected chi connectivity index (χ0v) is 14.8. The smallest absolute Gasteiger partial charge is 0.241 e. The fraction of sp³-hybridized carbons (Fsp3) is 0.474. The fourth-order valence-corrected chi connectivity index (χ4v) is 3.25. The van der Waals surface area contributed by atoms with E-state index in [0.717, 1.165) is 32.2 Å².